The fourth-order valence-electron chi connectivity index (χ4n) is 2.42. The molecule has 1 amide bonds. The van der Waals surface area contributed by atoms with Gasteiger partial charge in [0.25, 0.3) is 0 Å². The number of aromatic hydroxyl groups is 1. The lowest BCUT2D eigenvalue weighted by Gasteiger charge is -2.39. The quantitative estimate of drug-likeness (QED) is 0.938. The zero-order valence-electron chi connectivity index (χ0n) is 12.5. The second-order valence-corrected chi connectivity index (χ2v) is 5.52. The molecule has 2 aromatic carbocycles. The van der Waals surface area contributed by atoms with Crippen molar-refractivity contribution in [3.63, 3.8) is 0 Å². The van der Waals surface area contributed by atoms with Crippen LogP contribution in [0.25, 0.3) is 0 Å². The Morgan fingerprint density at radius 1 is 1.17 bits per heavy atom. The van der Waals surface area contributed by atoms with E-state index in [1.54, 1.807) is 53.4 Å². The van der Waals surface area contributed by atoms with Crippen molar-refractivity contribution < 1.29 is 14.6 Å². The van der Waals surface area contributed by atoms with Gasteiger partial charge in [0.1, 0.15) is 17.6 Å². The molecule has 1 aliphatic rings. The molecule has 1 fully saturated rings. The molecule has 0 aromatic heterocycles. The van der Waals surface area contributed by atoms with Gasteiger partial charge in [0.05, 0.1) is 31.1 Å². The molecule has 5 nitrogen and oxygen atoms in total. The zero-order chi connectivity index (χ0) is 16.2. The van der Waals surface area contributed by atoms with Gasteiger partial charge in [-0.2, -0.15) is 5.26 Å². The number of carbonyl (C=O) groups excluding carboxylic acids is 1. The summed E-state index contributed by atoms with van der Waals surface area (Å²) in [7, 11) is 0. The van der Waals surface area contributed by atoms with Gasteiger partial charge in [-0.1, -0.05) is 12.1 Å². The number of ether oxygens (including phenoxy) is 1. The Morgan fingerprint density at radius 3 is 2.43 bits per heavy atom. The van der Waals surface area contributed by atoms with Crippen molar-refractivity contribution >= 4 is 5.91 Å². The summed E-state index contributed by atoms with van der Waals surface area (Å²) in [4.78, 5) is 13.9. The minimum atomic E-state index is -0.00768. The normalized spacial score (nSPS) is 14.0. The van der Waals surface area contributed by atoms with Gasteiger partial charge in [0, 0.05) is 0 Å². The van der Waals surface area contributed by atoms with Gasteiger partial charge in [0.15, 0.2) is 0 Å². The Hall–Kier alpha value is -3.00. The molecular formula is C18H16N2O3. The molecular weight excluding hydrogens is 292 g/mol. The van der Waals surface area contributed by atoms with Crippen LogP contribution in [0.2, 0.25) is 0 Å². The third-order valence-corrected chi connectivity index (χ3v) is 3.78. The van der Waals surface area contributed by atoms with Crippen LogP contribution in [0.5, 0.6) is 11.5 Å². The molecule has 5 heteroatoms. The van der Waals surface area contributed by atoms with Gasteiger partial charge in [-0.3, -0.25) is 4.79 Å². The molecule has 3 rings (SSSR count). The first-order valence-corrected chi connectivity index (χ1v) is 7.36. The number of nitrogens with zero attached hydrogens (tertiary/aromatic N) is 2. The van der Waals surface area contributed by atoms with Crippen LogP contribution < -0.4 is 4.74 Å². The van der Waals surface area contributed by atoms with E-state index in [1.807, 2.05) is 0 Å². The fourth-order valence-corrected chi connectivity index (χ4v) is 2.42. The SMILES string of the molecule is N#Cc1ccc(OC2CN(C(=O)Cc3ccc(O)cc3)C2)cc1. The number of phenolic OH excluding ortho intramolecular Hbond substituents is 1. The first kappa shape index (κ1) is 14.9. The van der Waals surface area contributed by atoms with Gasteiger partial charge < -0.3 is 14.7 Å². The van der Waals surface area contributed by atoms with E-state index >= 15 is 0 Å². The Kier molecular flexibility index (Phi) is 4.15. The summed E-state index contributed by atoms with van der Waals surface area (Å²) < 4.78 is 5.76. The summed E-state index contributed by atoms with van der Waals surface area (Å²) in [6.45, 7) is 1.13. The Labute approximate surface area is 134 Å². The molecule has 1 heterocycles. The highest BCUT2D eigenvalue weighted by Gasteiger charge is 2.32. The van der Waals surface area contributed by atoms with E-state index in [2.05, 4.69) is 6.07 Å². The monoisotopic (exact) mass is 308 g/mol. The maximum Gasteiger partial charge on any atom is 0.227 e. The van der Waals surface area contributed by atoms with E-state index in [4.69, 9.17) is 10.00 Å². The van der Waals surface area contributed by atoms with E-state index in [1.165, 1.54) is 0 Å². The van der Waals surface area contributed by atoms with Crippen LogP contribution in [-0.2, 0) is 11.2 Å². The molecule has 0 bridgehead atoms. The zero-order valence-corrected chi connectivity index (χ0v) is 12.5. The second kappa shape index (κ2) is 6.41. The van der Waals surface area contributed by atoms with Crippen molar-refractivity contribution in [1.82, 2.24) is 4.90 Å². The van der Waals surface area contributed by atoms with Gasteiger partial charge in [-0.15, -0.1) is 0 Å². The molecule has 1 saturated heterocycles. The number of amides is 1. The molecule has 0 saturated carbocycles. The van der Waals surface area contributed by atoms with Crippen molar-refractivity contribution in [2.24, 2.45) is 0 Å². The lowest BCUT2D eigenvalue weighted by molar-refractivity contribution is -0.139. The number of likely N-dealkylation sites (tertiary alicyclic amines) is 1. The average molecular weight is 308 g/mol. The second-order valence-electron chi connectivity index (χ2n) is 5.52. The number of carbonyl (C=O) groups is 1. The number of nitriles is 1. The Bertz CT molecular complexity index is 726. The molecule has 0 spiro atoms. The summed E-state index contributed by atoms with van der Waals surface area (Å²) in [5, 5.41) is 18.0. The van der Waals surface area contributed by atoms with Crippen LogP contribution in [0.1, 0.15) is 11.1 Å². The largest absolute Gasteiger partial charge is 0.508 e. The summed E-state index contributed by atoms with van der Waals surface area (Å²) in [5.74, 6) is 0.955. The lowest BCUT2D eigenvalue weighted by Crippen LogP contribution is -2.56. The molecule has 0 atom stereocenters. The van der Waals surface area contributed by atoms with Crippen molar-refractivity contribution in [3.05, 3.63) is 59.7 Å². The van der Waals surface area contributed by atoms with Crippen molar-refractivity contribution in [3.8, 4) is 17.6 Å². The molecule has 0 aliphatic carbocycles. The maximum atomic E-state index is 12.1. The van der Waals surface area contributed by atoms with Crippen molar-refractivity contribution in [2.75, 3.05) is 13.1 Å². The Balaban J connectivity index is 1.47. The first-order chi connectivity index (χ1) is 11.1. The molecule has 1 aliphatic heterocycles. The highest BCUT2D eigenvalue weighted by molar-refractivity contribution is 5.79. The molecule has 116 valence electrons. The van der Waals surface area contributed by atoms with E-state index in [0.29, 0.717) is 30.8 Å². The minimum absolute atomic E-state index is 0.00768. The highest BCUT2D eigenvalue weighted by atomic mass is 16.5. The standard InChI is InChI=1S/C18H16N2O3/c19-10-14-3-7-16(8-4-14)23-17-11-20(12-17)18(22)9-13-1-5-15(21)6-2-13/h1-8,17,21H,9,11-12H2. The van der Waals surface area contributed by atoms with E-state index < -0.39 is 0 Å². The molecule has 23 heavy (non-hydrogen) atoms. The van der Waals surface area contributed by atoms with Gasteiger partial charge in [-0.05, 0) is 42.0 Å². The van der Waals surface area contributed by atoms with Crippen molar-refractivity contribution in [1.29, 1.82) is 5.26 Å². The summed E-state index contributed by atoms with van der Waals surface area (Å²) in [6, 6.07) is 15.7. The summed E-state index contributed by atoms with van der Waals surface area (Å²) >= 11 is 0. The number of phenols is 1. The van der Waals surface area contributed by atoms with Gasteiger partial charge in [-0.25, -0.2) is 0 Å². The van der Waals surface area contributed by atoms with Crippen LogP contribution in [0.3, 0.4) is 0 Å². The summed E-state index contributed by atoms with van der Waals surface area (Å²) in [5.41, 5.74) is 1.47. The lowest BCUT2D eigenvalue weighted by atomic mass is 10.1. The topological polar surface area (TPSA) is 73.6 Å². The molecule has 0 unspecified atom stereocenters. The summed E-state index contributed by atoms with van der Waals surface area (Å²) in [6.07, 6.45) is 0.316. The minimum Gasteiger partial charge on any atom is -0.508 e. The van der Waals surface area contributed by atoms with Crippen molar-refractivity contribution in [2.45, 2.75) is 12.5 Å². The number of hydrogen-bond donors (Lipinski definition) is 1. The van der Waals surface area contributed by atoms with Crippen LogP contribution in [0.4, 0.5) is 0 Å². The highest BCUT2D eigenvalue weighted by Crippen LogP contribution is 2.20. The number of benzene rings is 2. The van der Waals surface area contributed by atoms with Crippen LogP contribution in [-0.4, -0.2) is 35.1 Å². The van der Waals surface area contributed by atoms with Crippen LogP contribution in [0, 0.1) is 11.3 Å². The number of hydrogen-bond acceptors (Lipinski definition) is 4. The molecule has 1 N–H and O–H groups in total. The smallest absolute Gasteiger partial charge is 0.227 e. The maximum absolute atomic E-state index is 12.1. The third kappa shape index (κ3) is 3.61. The number of rotatable bonds is 4. The Morgan fingerprint density at radius 2 is 1.83 bits per heavy atom. The van der Waals surface area contributed by atoms with E-state index in [-0.39, 0.29) is 17.8 Å². The van der Waals surface area contributed by atoms with E-state index in [9.17, 15) is 9.90 Å². The van der Waals surface area contributed by atoms with Gasteiger partial charge >= 0.3 is 0 Å². The third-order valence-electron chi connectivity index (χ3n) is 3.78. The average Bonchev–Trinajstić information content (AvgIpc) is 2.53. The fraction of sp³-hybridized carbons (Fsp3) is 0.222. The van der Waals surface area contributed by atoms with E-state index in [0.717, 1.165) is 5.56 Å². The predicted molar refractivity (Wildman–Crippen MR) is 84.0 cm³/mol. The predicted octanol–water partition coefficient (Wildman–Crippen LogP) is 2.10. The molecule has 0 radical (unpaired) electrons. The van der Waals surface area contributed by atoms with Crippen LogP contribution >= 0.6 is 0 Å². The van der Waals surface area contributed by atoms with Gasteiger partial charge in [0.2, 0.25) is 5.91 Å². The first-order valence-electron chi connectivity index (χ1n) is 7.36. The molecule has 2 aromatic rings. The van der Waals surface area contributed by atoms with Crippen LogP contribution in [0.15, 0.2) is 48.5 Å².